The number of hydrogen-bond acceptors (Lipinski definition) is 3. The van der Waals surface area contributed by atoms with Crippen LogP contribution < -0.4 is 5.73 Å². The van der Waals surface area contributed by atoms with Gasteiger partial charge in [0.05, 0.1) is 6.10 Å². The summed E-state index contributed by atoms with van der Waals surface area (Å²) < 4.78 is 17.3. The largest absolute Gasteiger partial charge is 0.377 e. The lowest BCUT2D eigenvalue weighted by molar-refractivity contribution is 0.0672. The van der Waals surface area contributed by atoms with Crippen LogP contribution >= 0.6 is 11.6 Å². The highest BCUT2D eigenvalue weighted by molar-refractivity contribution is 7.84. The van der Waals surface area contributed by atoms with Crippen LogP contribution in [0.2, 0.25) is 5.02 Å². The van der Waals surface area contributed by atoms with Crippen molar-refractivity contribution in [2.75, 3.05) is 18.9 Å². The lowest BCUT2D eigenvalue weighted by Gasteiger charge is -2.14. The van der Waals surface area contributed by atoms with Crippen molar-refractivity contribution in [3.05, 3.63) is 34.9 Å². The Labute approximate surface area is 116 Å². The highest BCUT2D eigenvalue weighted by atomic mass is 35.5. The molecule has 2 unspecified atom stereocenters. The Bertz CT molecular complexity index is 370. The monoisotopic (exact) mass is 289 g/mol. The van der Waals surface area contributed by atoms with Gasteiger partial charge in [0.25, 0.3) is 0 Å². The first-order chi connectivity index (χ1) is 8.65. The van der Waals surface area contributed by atoms with Gasteiger partial charge in [-0.1, -0.05) is 23.7 Å². The molecule has 1 aromatic rings. The Balaban J connectivity index is 2.35. The van der Waals surface area contributed by atoms with E-state index in [4.69, 9.17) is 22.1 Å². The maximum atomic E-state index is 11.9. The lowest BCUT2D eigenvalue weighted by atomic mass is 10.2. The molecule has 0 aromatic heterocycles. The molecule has 0 saturated carbocycles. The quantitative estimate of drug-likeness (QED) is 0.799. The van der Waals surface area contributed by atoms with E-state index in [9.17, 15) is 4.21 Å². The fourth-order valence-corrected chi connectivity index (χ4v) is 2.97. The third kappa shape index (κ3) is 5.96. The Morgan fingerprint density at radius 1 is 1.39 bits per heavy atom. The molecule has 0 aliphatic heterocycles. The molecule has 0 saturated heterocycles. The van der Waals surface area contributed by atoms with Crippen LogP contribution in [0.3, 0.4) is 0 Å². The fraction of sp³-hybridized carbons (Fsp3) is 0.538. The average Bonchev–Trinajstić information content (AvgIpc) is 2.37. The van der Waals surface area contributed by atoms with E-state index in [0.29, 0.717) is 29.7 Å². The predicted octanol–water partition coefficient (Wildman–Crippen LogP) is 2.34. The van der Waals surface area contributed by atoms with E-state index in [1.807, 2.05) is 31.2 Å². The van der Waals surface area contributed by atoms with E-state index in [-0.39, 0.29) is 6.10 Å². The number of hydrogen-bond donors (Lipinski definition) is 1. The minimum atomic E-state index is -0.882. The molecule has 0 bridgehead atoms. The molecule has 0 fully saturated rings. The zero-order valence-corrected chi connectivity index (χ0v) is 12.2. The first kappa shape index (κ1) is 15.6. The zero-order valence-electron chi connectivity index (χ0n) is 10.6. The lowest BCUT2D eigenvalue weighted by Crippen LogP contribution is -2.25. The molecule has 0 aliphatic carbocycles. The van der Waals surface area contributed by atoms with Gasteiger partial charge in [-0.05, 0) is 31.0 Å². The second-order valence-electron chi connectivity index (χ2n) is 4.02. The normalized spacial score (nSPS) is 14.4. The summed E-state index contributed by atoms with van der Waals surface area (Å²) in [4.78, 5) is 0. The van der Waals surface area contributed by atoms with Gasteiger partial charge in [-0.15, -0.1) is 0 Å². The number of ether oxygens (including phenoxy) is 1. The van der Waals surface area contributed by atoms with Gasteiger partial charge < -0.3 is 10.5 Å². The third-order valence-corrected chi connectivity index (χ3v) is 4.17. The summed E-state index contributed by atoms with van der Waals surface area (Å²) in [5.41, 5.74) is 6.62. The minimum Gasteiger partial charge on any atom is -0.377 e. The van der Waals surface area contributed by atoms with Gasteiger partial charge in [0.1, 0.15) is 0 Å². The van der Waals surface area contributed by atoms with Crippen molar-refractivity contribution in [2.24, 2.45) is 5.73 Å². The molecule has 18 heavy (non-hydrogen) atoms. The summed E-state index contributed by atoms with van der Waals surface area (Å²) in [5.74, 6) is 1.17. The van der Waals surface area contributed by atoms with E-state index in [1.165, 1.54) is 0 Å². The van der Waals surface area contributed by atoms with Crippen molar-refractivity contribution in [2.45, 2.75) is 25.2 Å². The van der Waals surface area contributed by atoms with Crippen LogP contribution in [0, 0.1) is 0 Å². The van der Waals surface area contributed by atoms with E-state index >= 15 is 0 Å². The summed E-state index contributed by atoms with van der Waals surface area (Å²) in [5, 5.41) is 0.698. The molecule has 2 atom stereocenters. The van der Waals surface area contributed by atoms with E-state index < -0.39 is 10.8 Å². The van der Waals surface area contributed by atoms with Gasteiger partial charge in [-0.2, -0.15) is 0 Å². The first-order valence-corrected chi connectivity index (χ1v) is 7.93. The van der Waals surface area contributed by atoms with Crippen molar-refractivity contribution in [1.82, 2.24) is 0 Å². The van der Waals surface area contributed by atoms with Gasteiger partial charge in [0, 0.05) is 40.5 Å². The van der Waals surface area contributed by atoms with Crippen LogP contribution in [-0.2, 0) is 21.3 Å². The zero-order chi connectivity index (χ0) is 13.4. The SMILES string of the molecule is CCOC(CN)CCS(=O)Cc1ccc(Cl)cc1. The molecular formula is C13H20ClNO2S. The second kappa shape index (κ2) is 8.64. The minimum absolute atomic E-state index is 0.0177. The topological polar surface area (TPSA) is 52.3 Å². The Morgan fingerprint density at radius 3 is 2.61 bits per heavy atom. The van der Waals surface area contributed by atoms with Gasteiger partial charge >= 0.3 is 0 Å². The van der Waals surface area contributed by atoms with Crippen LogP contribution in [0.15, 0.2) is 24.3 Å². The summed E-state index contributed by atoms with van der Waals surface area (Å²) in [6.45, 7) is 3.06. The molecule has 5 heteroatoms. The average molecular weight is 290 g/mol. The molecule has 0 aliphatic rings. The molecular weight excluding hydrogens is 270 g/mol. The number of nitrogens with two attached hydrogens (primary N) is 1. The molecule has 0 heterocycles. The number of rotatable bonds is 8. The molecule has 1 aromatic carbocycles. The van der Waals surface area contributed by atoms with Crippen LogP contribution in [0.4, 0.5) is 0 Å². The first-order valence-electron chi connectivity index (χ1n) is 6.06. The molecule has 0 spiro atoms. The Kier molecular flexibility index (Phi) is 7.51. The highest BCUT2D eigenvalue weighted by Gasteiger charge is 2.09. The van der Waals surface area contributed by atoms with Crippen LogP contribution in [0.25, 0.3) is 0 Å². The molecule has 2 N–H and O–H groups in total. The van der Waals surface area contributed by atoms with Crippen molar-refractivity contribution < 1.29 is 8.95 Å². The Hall–Kier alpha value is -0.420. The van der Waals surface area contributed by atoms with Gasteiger partial charge in [0.2, 0.25) is 0 Å². The molecule has 102 valence electrons. The molecule has 0 amide bonds. The summed E-state index contributed by atoms with van der Waals surface area (Å²) in [7, 11) is -0.882. The fourth-order valence-electron chi connectivity index (χ4n) is 1.61. The van der Waals surface area contributed by atoms with Crippen molar-refractivity contribution in [3.8, 4) is 0 Å². The molecule has 3 nitrogen and oxygen atoms in total. The van der Waals surface area contributed by atoms with Crippen LogP contribution in [-0.4, -0.2) is 29.2 Å². The Morgan fingerprint density at radius 2 is 2.06 bits per heavy atom. The smallest absolute Gasteiger partial charge is 0.0705 e. The maximum absolute atomic E-state index is 11.9. The van der Waals surface area contributed by atoms with Crippen LogP contribution in [0.1, 0.15) is 18.9 Å². The summed E-state index contributed by atoms with van der Waals surface area (Å²) >= 11 is 5.80. The van der Waals surface area contributed by atoms with Crippen molar-refractivity contribution in [3.63, 3.8) is 0 Å². The second-order valence-corrected chi connectivity index (χ2v) is 6.03. The third-order valence-electron chi connectivity index (χ3n) is 2.57. The van der Waals surface area contributed by atoms with Crippen molar-refractivity contribution in [1.29, 1.82) is 0 Å². The van der Waals surface area contributed by atoms with Crippen molar-refractivity contribution >= 4 is 22.4 Å². The summed E-state index contributed by atoms with van der Waals surface area (Å²) in [6, 6.07) is 7.44. The van der Waals surface area contributed by atoms with Crippen LogP contribution in [0.5, 0.6) is 0 Å². The summed E-state index contributed by atoms with van der Waals surface area (Å²) in [6.07, 6.45) is 0.758. The van der Waals surface area contributed by atoms with Gasteiger partial charge in [-0.25, -0.2) is 0 Å². The predicted molar refractivity (Wildman–Crippen MR) is 77.3 cm³/mol. The van der Waals surface area contributed by atoms with Gasteiger partial charge in [0.15, 0.2) is 0 Å². The number of halogens is 1. The molecule has 1 rings (SSSR count). The van der Waals surface area contributed by atoms with E-state index in [1.54, 1.807) is 0 Å². The number of benzene rings is 1. The van der Waals surface area contributed by atoms with E-state index in [0.717, 1.165) is 12.0 Å². The molecule has 0 radical (unpaired) electrons. The maximum Gasteiger partial charge on any atom is 0.0705 e. The standard InChI is InChI=1S/C13H20ClNO2S/c1-2-17-13(9-15)7-8-18(16)10-11-3-5-12(14)6-4-11/h3-6,13H,2,7-10,15H2,1H3. The van der Waals surface area contributed by atoms with Gasteiger partial charge in [-0.3, -0.25) is 4.21 Å². The van der Waals surface area contributed by atoms with E-state index in [2.05, 4.69) is 0 Å². The highest BCUT2D eigenvalue weighted by Crippen LogP contribution is 2.11.